The monoisotopic (exact) mass is 584 g/mol. The summed E-state index contributed by atoms with van der Waals surface area (Å²) in [6.45, 7) is 10.3. The summed E-state index contributed by atoms with van der Waals surface area (Å²) in [6.07, 6.45) is 1.52. The summed E-state index contributed by atoms with van der Waals surface area (Å²) in [5, 5.41) is 0. The molecular weight excluding hydrogens is 556 g/mol. The van der Waals surface area contributed by atoms with Gasteiger partial charge in [-0.1, -0.05) is 29.5 Å². The van der Waals surface area contributed by atoms with Crippen LogP contribution in [-0.2, 0) is 9.53 Å². The second-order valence-electron chi connectivity index (χ2n) is 8.66. The fourth-order valence-corrected chi connectivity index (χ4v) is 5.68. The Hall–Kier alpha value is -3.17. The molecule has 37 heavy (non-hydrogen) atoms. The fourth-order valence-electron chi connectivity index (χ4n) is 4.12. The Bertz CT molecular complexity index is 1520. The van der Waals surface area contributed by atoms with Gasteiger partial charge in [-0.05, 0) is 92.0 Å². The largest absolute Gasteiger partial charge is 0.494 e. The minimum absolute atomic E-state index is 0.227. The average molecular weight is 586 g/mol. The van der Waals surface area contributed by atoms with Gasteiger partial charge < -0.3 is 14.2 Å². The third-order valence-corrected chi connectivity index (χ3v) is 7.25. The van der Waals surface area contributed by atoms with E-state index in [4.69, 9.17) is 14.2 Å². The number of aromatic nitrogens is 1. The Balaban J connectivity index is 1.87. The number of esters is 1. The quantitative estimate of drug-likeness (QED) is 0.357. The highest BCUT2D eigenvalue weighted by molar-refractivity contribution is 9.10. The number of nitrogens with zero attached hydrogens (tertiary/aromatic N) is 2. The van der Waals surface area contributed by atoms with Crippen LogP contribution in [0.4, 0.5) is 0 Å². The van der Waals surface area contributed by atoms with Gasteiger partial charge in [-0.25, -0.2) is 9.79 Å². The molecule has 0 saturated heterocycles. The fraction of sp³-hybridized carbons (Fsp3) is 0.321. The zero-order valence-corrected chi connectivity index (χ0v) is 23.8. The van der Waals surface area contributed by atoms with Crippen molar-refractivity contribution in [2.75, 3.05) is 13.2 Å². The van der Waals surface area contributed by atoms with E-state index in [-0.39, 0.29) is 11.7 Å². The van der Waals surface area contributed by atoms with Crippen LogP contribution < -0.4 is 24.4 Å². The van der Waals surface area contributed by atoms with Crippen molar-refractivity contribution in [3.8, 4) is 11.5 Å². The first kappa shape index (κ1) is 26.9. The molecule has 1 aromatic heterocycles. The first-order chi connectivity index (χ1) is 17.7. The molecule has 4 rings (SSSR count). The Morgan fingerprint density at radius 1 is 1.14 bits per heavy atom. The van der Waals surface area contributed by atoms with E-state index >= 15 is 0 Å². The van der Waals surface area contributed by atoms with Crippen LogP contribution in [0.25, 0.3) is 6.08 Å². The Morgan fingerprint density at radius 3 is 2.46 bits per heavy atom. The minimum Gasteiger partial charge on any atom is -0.494 e. The summed E-state index contributed by atoms with van der Waals surface area (Å²) in [4.78, 5) is 32.2. The number of rotatable bonds is 8. The molecular formula is C28H29BrN2O5S. The normalized spacial score (nSPS) is 15.4. The third kappa shape index (κ3) is 5.72. The second kappa shape index (κ2) is 11.5. The maximum Gasteiger partial charge on any atom is 0.338 e. The van der Waals surface area contributed by atoms with Gasteiger partial charge in [-0.2, -0.15) is 0 Å². The number of fused-ring (bicyclic) bond motifs is 1. The number of carbonyl (C=O) groups excluding carboxylic acids is 1. The molecule has 194 valence electrons. The van der Waals surface area contributed by atoms with Crippen molar-refractivity contribution in [1.29, 1.82) is 0 Å². The van der Waals surface area contributed by atoms with Gasteiger partial charge >= 0.3 is 5.97 Å². The standard InChI is InChI=1S/C28H29BrN2O5S/c1-6-34-20-11-9-19(10-12-20)25-24(27(33)36-16(3)4)17(5)30-28-31(25)26(32)23(37-28)15-18-8-13-22(35-7-2)21(29)14-18/h8-16,25H,6-7H2,1-5H3/b23-15+/t25-/m0/s1. The van der Waals surface area contributed by atoms with Crippen LogP contribution >= 0.6 is 27.3 Å². The van der Waals surface area contributed by atoms with E-state index in [1.54, 1.807) is 25.3 Å². The molecule has 1 aliphatic heterocycles. The smallest absolute Gasteiger partial charge is 0.338 e. The number of halogens is 1. The number of hydrogen-bond donors (Lipinski definition) is 0. The highest BCUT2D eigenvalue weighted by atomic mass is 79.9. The van der Waals surface area contributed by atoms with Gasteiger partial charge in [0.15, 0.2) is 4.80 Å². The van der Waals surface area contributed by atoms with Gasteiger partial charge in [0.1, 0.15) is 11.5 Å². The topological polar surface area (TPSA) is 79.1 Å². The Kier molecular flexibility index (Phi) is 8.34. The summed E-state index contributed by atoms with van der Waals surface area (Å²) < 4.78 is 19.6. The van der Waals surface area contributed by atoms with Crippen LogP contribution in [0.2, 0.25) is 0 Å². The number of allylic oxidation sites excluding steroid dienone is 1. The van der Waals surface area contributed by atoms with E-state index in [2.05, 4.69) is 20.9 Å². The minimum atomic E-state index is -0.674. The molecule has 0 saturated carbocycles. The molecule has 1 aliphatic rings. The van der Waals surface area contributed by atoms with Gasteiger partial charge in [0.05, 0.1) is 45.6 Å². The number of thiazole rings is 1. The third-order valence-electron chi connectivity index (χ3n) is 5.64. The summed E-state index contributed by atoms with van der Waals surface area (Å²) in [5.74, 6) is 0.965. The van der Waals surface area contributed by atoms with Crippen LogP contribution in [0.3, 0.4) is 0 Å². The SMILES string of the molecule is CCOc1ccc([C@H]2C(C(=O)OC(C)C)=C(C)N=c3s/c(=C/c4ccc(OCC)c(Br)c4)c(=O)n32)cc1. The van der Waals surface area contributed by atoms with Gasteiger partial charge in [-0.3, -0.25) is 9.36 Å². The maximum absolute atomic E-state index is 13.8. The summed E-state index contributed by atoms with van der Waals surface area (Å²) >= 11 is 4.82. The lowest BCUT2D eigenvalue weighted by Gasteiger charge is -2.25. The number of ether oxygens (including phenoxy) is 3. The molecule has 3 aromatic rings. The molecule has 0 N–H and O–H groups in total. The molecule has 0 radical (unpaired) electrons. The molecule has 0 fully saturated rings. The first-order valence-corrected chi connectivity index (χ1v) is 13.7. The highest BCUT2D eigenvalue weighted by Gasteiger charge is 2.33. The molecule has 0 aliphatic carbocycles. The molecule has 9 heteroatoms. The van der Waals surface area contributed by atoms with Crippen molar-refractivity contribution in [3.05, 3.63) is 89.0 Å². The Labute approximate surface area is 227 Å². The lowest BCUT2D eigenvalue weighted by molar-refractivity contribution is -0.143. The molecule has 2 heterocycles. The highest BCUT2D eigenvalue weighted by Crippen LogP contribution is 2.32. The molecule has 0 unspecified atom stereocenters. The van der Waals surface area contributed by atoms with Crippen molar-refractivity contribution in [3.63, 3.8) is 0 Å². The van der Waals surface area contributed by atoms with Crippen molar-refractivity contribution in [1.82, 2.24) is 4.57 Å². The molecule has 1 atom stereocenters. The van der Waals surface area contributed by atoms with E-state index in [1.807, 2.05) is 62.4 Å². The molecule has 7 nitrogen and oxygen atoms in total. The van der Waals surface area contributed by atoms with E-state index in [0.717, 1.165) is 21.3 Å². The predicted octanol–water partition coefficient (Wildman–Crippen LogP) is 4.75. The zero-order chi connectivity index (χ0) is 26.7. The van der Waals surface area contributed by atoms with Crippen molar-refractivity contribution < 1.29 is 19.0 Å². The average Bonchev–Trinajstić information content (AvgIpc) is 3.14. The number of carbonyl (C=O) groups is 1. The van der Waals surface area contributed by atoms with Crippen LogP contribution in [0, 0.1) is 0 Å². The van der Waals surface area contributed by atoms with Crippen LogP contribution in [-0.4, -0.2) is 29.9 Å². The first-order valence-electron chi connectivity index (χ1n) is 12.1. The van der Waals surface area contributed by atoms with Crippen molar-refractivity contribution >= 4 is 39.3 Å². The lowest BCUT2D eigenvalue weighted by Crippen LogP contribution is -2.40. The molecule has 0 bridgehead atoms. The zero-order valence-electron chi connectivity index (χ0n) is 21.4. The van der Waals surface area contributed by atoms with E-state index in [1.165, 1.54) is 11.3 Å². The Morgan fingerprint density at radius 2 is 1.84 bits per heavy atom. The summed E-state index contributed by atoms with van der Waals surface area (Å²) in [5.41, 5.74) is 2.26. The van der Waals surface area contributed by atoms with E-state index < -0.39 is 12.0 Å². The van der Waals surface area contributed by atoms with Crippen LogP contribution in [0.15, 0.2) is 68.0 Å². The predicted molar refractivity (Wildman–Crippen MR) is 148 cm³/mol. The summed E-state index contributed by atoms with van der Waals surface area (Å²) in [7, 11) is 0. The van der Waals surface area contributed by atoms with Crippen LogP contribution in [0.5, 0.6) is 11.5 Å². The van der Waals surface area contributed by atoms with E-state index in [0.29, 0.717) is 39.6 Å². The lowest BCUT2D eigenvalue weighted by atomic mass is 9.96. The number of hydrogen-bond acceptors (Lipinski definition) is 7. The van der Waals surface area contributed by atoms with Gasteiger partial charge in [-0.15, -0.1) is 0 Å². The molecule has 0 spiro atoms. The maximum atomic E-state index is 13.8. The summed E-state index contributed by atoms with van der Waals surface area (Å²) in [6, 6.07) is 12.4. The molecule has 0 amide bonds. The van der Waals surface area contributed by atoms with Gasteiger partial charge in [0, 0.05) is 0 Å². The van der Waals surface area contributed by atoms with Crippen molar-refractivity contribution in [2.24, 2.45) is 4.99 Å². The molecule has 2 aromatic carbocycles. The number of benzene rings is 2. The van der Waals surface area contributed by atoms with Crippen LogP contribution in [0.1, 0.15) is 51.8 Å². The van der Waals surface area contributed by atoms with E-state index in [9.17, 15) is 9.59 Å². The van der Waals surface area contributed by atoms with Crippen molar-refractivity contribution in [2.45, 2.75) is 46.8 Å². The second-order valence-corrected chi connectivity index (χ2v) is 10.5. The van der Waals surface area contributed by atoms with Gasteiger partial charge in [0.2, 0.25) is 0 Å². The van der Waals surface area contributed by atoms with Gasteiger partial charge in [0.25, 0.3) is 5.56 Å².